The van der Waals surface area contributed by atoms with Crippen molar-refractivity contribution in [2.45, 2.75) is 19.6 Å². The van der Waals surface area contributed by atoms with Gasteiger partial charge in [-0.2, -0.15) is 13.7 Å². The molecule has 0 unspecified atom stereocenters. The van der Waals surface area contributed by atoms with Crippen molar-refractivity contribution in [2.24, 2.45) is 0 Å². The SMILES string of the molecule is Clc1ccc2sc[n+](Cc3ccccc3)c2c1.Clc1ccc2sc[n+](Cc3ccccc3)c2c1.Clc1ccc2sc[n+](Cc3ccccc3)c2c1.[O]=[Sb]([O-])([O-])[O-]. The van der Waals surface area contributed by atoms with Crippen molar-refractivity contribution < 1.29 is 26.9 Å². The fraction of sp³-hybridized carbons (Fsp3) is 0.0714. The molecule has 0 aliphatic rings. The quantitative estimate of drug-likeness (QED) is 0.127. The summed E-state index contributed by atoms with van der Waals surface area (Å²) in [4.78, 5) is 0. The first-order chi connectivity index (χ1) is 27.0. The van der Waals surface area contributed by atoms with Gasteiger partial charge in [0.15, 0.2) is 19.6 Å². The molecule has 3 aromatic heterocycles. The van der Waals surface area contributed by atoms with Crippen molar-refractivity contribution in [3.63, 3.8) is 0 Å². The van der Waals surface area contributed by atoms with Crippen LogP contribution in [-0.4, -0.2) is 20.1 Å². The Hall–Kier alpha value is -3.64. The number of aromatic nitrogens is 3. The molecule has 0 amide bonds. The number of benzene rings is 6. The van der Waals surface area contributed by atoms with Crippen LogP contribution in [0.5, 0.6) is 0 Å². The number of hydrogen-bond donors (Lipinski definition) is 0. The van der Waals surface area contributed by atoms with Crippen LogP contribution in [0.3, 0.4) is 0 Å². The van der Waals surface area contributed by atoms with Crippen LogP contribution in [0.15, 0.2) is 162 Å². The van der Waals surface area contributed by atoms with Gasteiger partial charge < -0.3 is 0 Å². The Morgan fingerprint density at radius 2 is 0.679 bits per heavy atom. The molecule has 0 radical (unpaired) electrons. The van der Waals surface area contributed by atoms with E-state index in [4.69, 9.17) is 48.0 Å². The van der Waals surface area contributed by atoms with Gasteiger partial charge in [0.2, 0.25) is 33.1 Å². The topological polar surface area (TPSA) is 97.9 Å². The van der Waals surface area contributed by atoms with Crippen molar-refractivity contribution in [3.05, 3.63) is 194 Å². The monoisotopic (exact) mass is 965 g/mol. The first-order valence-electron chi connectivity index (χ1n) is 17.0. The van der Waals surface area contributed by atoms with E-state index in [-0.39, 0.29) is 0 Å². The van der Waals surface area contributed by atoms with Gasteiger partial charge >= 0.3 is 33.2 Å². The van der Waals surface area contributed by atoms with E-state index < -0.39 is 20.1 Å². The number of hydrogen-bond acceptors (Lipinski definition) is 7. The summed E-state index contributed by atoms with van der Waals surface area (Å²) in [7, 11) is 0. The van der Waals surface area contributed by atoms with E-state index in [1.807, 2.05) is 54.6 Å². The third-order valence-electron chi connectivity index (χ3n) is 8.20. The summed E-state index contributed by atoms with van der Waals surface area (Å²) in [5.41, 5.74) is 14.0. The average Bonchev–Trinajstić information content (AvgIpc) is 3.89. The van der Waals surface area contributed by atoms with E-state index in [1.165, 1.54) is 47.3 Å². The fourth-order valence-electron chi connectivity index (χ4n) is 5.68. The molecule has 0 fully saturated rings. The summed E-state index contributed by atoms with van der Waals surface area (Å²) in [6.45, 7) is 2.67. The predicted octanol–water partition coefficient (Wildman–Crippen LogP) is 7.60. The molecule has 0 aliphatic carbocycles. The van der Waals surface area contributed by atoms with E-state index >= 15 is 0 Å². The van der Waals surface area contributed by atoms with Crippen molar-refractivity contribution in [1.82, 2.24) is 0 Å². The molecule has 9 aromatic rings. The average molecular weight is 968 g/mol. The molecule has 0 saturated carbocycles. The van der Waals surface area contributed by atoms with Gasteiger partial charge in [-0.25, -0.2) is 0 Å². The van der Waals surface area contributed by atoms with Crippen LogP contribution in [0.2, 0.25) is 15.1 Å². The fourth-order valence-corrected chi connectivity index (χ4v) is 8.80. The maximum absolute atomic E-state index is 8.64. The summed E-state index contributed by atoms with van der Waals surface area (Å²) in [6.07, 6.45) is 0. The summed E-state index contributed by atoms with van der Waals surface area (Å²) < 4.78 is 45.1. The van der Waals surface area contributed by atoms with Crippen LogP contribution in [0.1, 0.15) is 16.7 Å². The van der Waals surface area contributed by atoms with Crippen LogP contribution in [-0.2, 0) is 22.7 Å². The van der Waals surface area contributed by atoms with E-state index in [0.717, 1.165) is 34.7 Å². The van der Waals surface area contributed by atoms with Crippen molar-refractivity contribution in [2.75, 3.05) is 0 Å². The molecule has 3 heterocycles. The van der Waals surface area contributed by atoms with Gasteiger partial charge in [0.05, 0.1) is 0 Å². The van der Waals surface area contributed by atoms with E-state index in [9.17, 15) is 0 Å². The first-order valence-corrected chi connectivity index (χ1v) is 25.0. The molecule has 0 spiro atoms. The van der Waals surface area contributed by atoms with Gasteiger partial charge in [0, 0.05) is 50.0 Å². The Labute approximate surface area is 356 Å². The number of rotatable bonds is 6. The van der Waals surface area contributed by atoms with Gasteiger partial charge in [-0.05, 0) is 36.4 Å². The number of halogens is 3. The van der Waals surface area contributed by atoms with E-state index in [2.05, 4.69) is 121 Å². The second-order valence-corrected chi connectivity index (χ2v) is 18.8. The predicted molar refractivity (Wildman–Crippen MR) is 224 cm³/mol. The minimum absolute atomic E-state index is 0.790. The van der Waals surface area contributed by atoms with Gasteiger partial charge in [-0.1, -0.05) is 160 Å². The van der Waals surface area contributed by atoms with Crippen molar-refractivity contribution in [1.29, 1.82) is 0 Å². The Morgan fingerprint density at radius 1 is 0.429 bits per heavy atom. The Kier molecular flexibility index (Phi) is 15.1. The van der Waals surface area contributed by atoms with E-state index in [1.54, 1.807) is 34.0 Å². The first kappa shape index (κ1) is 42.0. The summed E-state index contributed by atoms with van der Waals surface area (Å²) in [5, 5.41) is 2.37. The molecule has 0 saturated heterocycles. The molecule has 14 heteroatoms. The maximum atomic E-state index is 8.64. The minimum atomic E-state index is -6.10. The van der Waals surface area contributed by atoms with Gasteiger partial charge in [-0.3, -0.25) is 0 Å². The molecule has 284 valence electrons. The molecule has 0 bridgehead atoms. The second kappa shape index (κ2) is 20.2. The van der Waals surface area contributed by atoms with Crippen molar-refractivity contribution in [3.8, 4) is 0 Å². The molecular weight excluding hydrogens is 935 g/mol. The van der Waals surface area contributed by atoms with Crippen LogP contribution < -0.4 is 23.9 Å². The molecule has 6 aromatic carbocycles. The Balaban J connectivity index is 0.000000134. The number of nitrogens with zero attached hydrogens (tertiary/aromatic N) is 3. The normalized spacial score (nSPS) is 11.0. The number of fused-ring (bicyclic) bond motifs is 3. The molecule has 9 rings (SSSR count). The molecular formula is C42H33Cl3N3O4S3Sb. The van der Waals surface area contributed by atoms with Crippen LogP contribution >= 0.6 is 68.8 Å². The summed E-state index contributed by atoms with van der Waals surface area (Å²) in [6, 6.07) is 49.5. The van der Waals surface area contributed by atoms with Crippen LogP contribution in [0, 0.1) is 0 Å². The number of thiazole rings is 3. The molecule has 0 N–H and O–H groups in total. The van der Waals surface area contributed by atoms with Crippen molar-refractivity contribution >= 4 is 120 Å². The Morgan fingerprint density at radius 3 is 0.929 bits per heavy atom. The summed E-state index contributed by atoms with van der Waals surface area (Å²) >= 11 is 17.3. The zero-order chi connectivity index (χ0) is 39.5. The third-order valence-corrected chi connectivity index (χ3v) is 11.8. The zero-order valence-corrected chi connectivity index (χ0v) is 36.8. The standard InChI is InChI=1S/3C14H11ClNS.4O.Sb/c3*15-12-6-7-14-13(8-12)16(10-17-14)9-11-4-2-1-3-5-11;;;;;/h3*1-8,10H,9H2;;;;;/q3*+1;;3*-1;. The zero-order valence-electron chi connectivity index (χ0n) is 29.5. The van der Waals surface area contributed by atoms with Gasteiger partial charge in [0.1, 0.15) is 14.1 Å². The van der Waals surface area contributed by atoms with Gasteiger partial charge in [0.25, 0.3) is 0 Å². The molecule has 7 nitrogen and oxygen atoms in total. The third kappa shape index (κ3) is 12.7. The Bertz CT molecular complexity index is 2400. The molecule has 0 atom stereocenters. The van der Waals surface area contributed by atoms with Crippen LogP contribution in [0.4, 0.5) is 0 Å². The second-order valence-electron chi connectivity index (χ2n) is 12.3. The van der Waals surface area contributed by atoms with E-state index in [0.29, 0.717) is 0 Å². The summed E-state index contributed by atoms with van der Waals surface area (Å²) in [5.74, 6) is 0. The van der Waals surface area contributed by atoms with Gasteiger partial charge in [-0.15, -0.1) is 0 Å². The molecule has 56 heavy (non-hydrogen) atoms. The molecule has 0 aliphatic heterocycles. The van der Waals surface area contributed by atoms with Crippen LogP contribution in [0.25, 0.3) is 30.6 Å².